The van der Waals surface area contributed by atoms with Crippen LogP contribution in [0.25, 0.3) is 0 Å². The molecule has 0 saturated carbocycles. The van der Waals surface area contributed by atoms with E-state index in [4.69, 9.17) is 0 Å². The van der Waals surface area contributed by atoms with Gasteiger partial charge in [-0.05, 0) is 5.56 Å². The number of benzene rings is 1. The Bertz CT molecular complexity index is 414. The lowest BCUT2D eigenvalue weighted by atomic mass is 9.95. The van der Waals surface area contributed by atoms with Gasteiger partial charge in [0.05, 0.1) is 7.11 Å². The summed E-state index contributed by atoms with van der Waals surface area (Å²) in [5.41, 5.74) is 1.52. The Hall–Kier alpha value is -1.68. The van der Waals surface area contributed by atoms with E-state index in [2.05, 4.69) is 10.1 Å². The predicted octanol–water partition coefficient (Wildman–Crippen LogP) is 0.514. The van der Waals surface area contributed by atoms with E-state index < -0.39 is 12.0 Å². The number of ether oxygens (including phenoxy) is 1. The highest BCUT2D eigenvalue weighted by Gasteiger charge is 2.32. The fourth-order valence-corrected chi connectivity index (χ4v) is 1.68. The lowest BCUT2D eigenvalue weighted by molar-refractivity contribution is -0.141. The minimum absolute atomic E-state index is 0.219. The van der Waals surface area contributed by atoms with Crippen LogP contribution < -0.4 is 5.32 Å². The molecule has 1 atom stereocenters. The van der Waals surface area contributed by atoms with Crippen LogP contribution in [0.3, 0.4) is 0 Å². The molecule has 0 amide bonds. The first kappa shape index (κ1) is 9.86. The highest BCUT2D eigenvalue weighted by atomic mass is 16.5. The van der Waals surface area contributed by atoms with Crippen molar-refractivity contribution in [2.45, 2.75) is 12.6 Å². The van der Waals surface area contributed by atoms with Gasteiger partial charge in [0, 0.05) is 12.1 Å². The van der Waals surface area contributed by atoms with Crippen molar-refractivity contribution >= 4 is 11.8 Å². The molecule has 0 aliphatic carbocycles. The van der Waals surface area contributed by atoms with Gasteiger partial charge < -0.3 is 4.74 Å². The molecule has 1 aromatic rings. The van der Waals surface area contributed by atoms with Gasteiger partial charge in [0.2, 0.25) is 0 Å². The molecule has 1 N–H and O–H groups in total. The average Bonchev–Trinajstić information content (AvgIpc) is 2.29. The molecule has 1 heterocycles. The van der Waals surface area contributed by atoms with Crippen LogP contribution in [0.4, 0.5) is 0 Å². The highest BCUT2D eigenvalue weighted by molar-refractivity contribution is 6.13. The Morgan fingerprint density at radius 3 is 2.93 bits per heavy atom. The Morgan fingerprint density at radius 1 is 1.47 bits per heavy atom. The van der Waals surface area contributed by atoms with E-state index in [1.165, 1.54) is 7.11 Å². The van der Waals surface area contributed by atoms with Gasteiger partial charge in [-0.25, -0.2) is 4.79 Å². The Labute approximate surface area is 87.2 Å². The van der Waals surface area contributed by atoms with E-state index in [1.807, 2.05) is 12.1 Å². The summed E-state index contributed by atoms with van der Waals surface area (Å²) in [5.74, 6) is -0.752. The van der Waals surface area contributed by atoms with Gasteiger partial charge >= 0.3 is 5.97 Å². The molecule has 0 bridgehead atoms. The number of esters is 1. The Balaban J connectivity index is 2.34. The van der Waals surface area contributed by atoms with Gasteiger partial charge in [-0.1, -0.05) is 24.3 Å². The highest BCUT2D eigenvalue weighted by Crippen LogP contribution is 2.16. The zero-order valence-electron chi connectivity index (χ0n) is 8.32. The smallest absolute Gasteiger partial charge is 0.331 e. The molecule has 0 radical (unpaired) electrons. The number of Topliss-reactive ketones (excluding diaryl/α,β-unsaturated/α-hetero) is 1. The van der Waals surface area contributed by atoms with Crippen molar-refractivity contribution in [1.29, 1.82) is 0 Å². The van der Waals surface area contributed by atoms with E-state index in [0.29, 0.717) is 12.1 Å². The predicted molar refractivity (Wildman–Crippen MR) is 53.4 cm³/mol. The third kappa shape index (κ3) is 1.64. The number of nitrogens with one attached hydrogen (secondary N) is 1. The summed E-state index contributed by atoms with van der Waals surface area (Å²) in [6, 6.07) is 6.40. The lowest BCUT2D eigenvalue weighted by Gasteiger charge is -2.22. The second-order valence-corrected chi connectivity index (χ2v) is 3.36. The van der Waals surface area contributed by atoms with Crippen LogP contribution in [0, 0.1) is 0 Å². The van der Waals surface area contributed by atoms with Gasteiger partial charge in [-0.15, -0.1) is 0 Å². The van der Waals surface area contributed by atoms with Crippen LogP contribution in [0.1, 0.15) is 15.9 Å². The van der Waals surface area contributed by atoms with E-state index in [0.717, 1.165) is 5.56 Å². The second kappa shape index (κ2) is 3.82. The minimum Gasteiger partial charge on any atom is -0.468 e. The minimum atomic E-state index is -0.857. The van der Waals surface area contributed by atoms with Gasteiger partial charge in [0.1, 0.15) is 0 Å². The zero-order chi connectivity index (χ0) is 10.8. The fourth-order valence-electron chi connectivity index (χ4n) is 1.68. The molecule has 78 valence electrons. The molecule has 1 aromatic carbocycles. The lowest BCUT2D eigenvalue weighted by Crippen LogP contribution is -2.47. The van der Waals surface area contributed by atoms with Crippen LogP contribution in [-0.2, 0) is 16.1 Å². The normalized spacial score (nSPS) is 19.5. The molecule has 0 fully saturated rings. The first-order chi connectivity index (χ1) is 7.24. The molecule has 0 spiro atoms. The molecular weight excluding hydrogens is 194 g/mol. The summed E-state index contributed by atoms with van der Waals surface area (Å²) in [5, 5.41) is 2.85. The summed E-state index contributed by atoms with van der Waals surface area (Å²) < 4.78 is 4.55. The maximum atomic E-state index is 11.9. The summed E-state index contributed by atoms with van der Waals surface area (Å²) in [6.45, 7) is 0.516. The van der Waals surface area contributed by atoms with Crippen LogP contribution in [0.2, 0.25) is 0 Å². The molecule has 4 heteroatoms. The largest absolute Gasteiger partial charge is 0.468 e. The number of hydrogen-bond acceptors (Lipinski definition) is 4. The molecule has 0 saturated heterocycles. The topological polar surface area (TPSA) is 55.4 Å². The van der Waals surface area contributed by atoms with E-state index in [-0.39, 0.29) is 5.78 Å². The number of ketones is 1. The van der Waals surface area contributed by atoms with Crippen molar-refractivity contribution in [2.24, 2.45) is 0 Å². The molecule has 2 rings (SSSR count). The molecular formula is C11H11NO3. The number of fused-ring (bicyclic) bond motifs is 1. The van der Waals surface area contributed by atoms with Crippen molar-refractivity contribution in [3.63, 3.8) is 0 Å². The number of carbonyl (C=O) groups is 2. The van der Waals surface area contributed by atoms with Gasteiger partial charge in [0.25, 0.3) is 0 Å². The van der Waals surface area contributed by atoms with Crippen molar-refractivity contribution in [3.05, 3.63) is 35.4 Å². The Morgan fingerprint density at radius 2 is 2.20 bits per heavy atom. The van der Waals surface area contributed by atoms with Crippen molar-refractivity contribution in [1.82, 2.24) is 5.32 Å². The monoisotopic (exact) mass is 205 g/mol. The van der Waals surface area contributed by atoms with Crippen LogP contribution in [-0.4, -0.2) is 24.9 Å². The molecule has 4 nitrogen and oxygen atoms in total. The summed E-state index contributed by atoms with van der Waals surface area (Å²) in [6.07, 6.45) is 0. The fraction of sp³-hybridized carbons (Fsp3) is 0.273. The summed E-state index contributed by atoms with van der Waals surface area (Å²) >= 11 is 0. The summed E-state index contributed by atoms with van der Waals surface area (Å²) in [4.78, 5) is 23.1. The quantitative estimate of drug-likeness (QED) is 0.536. The number of rotatable bonds is 1. The van der Waals surface area contributed by atoms with Crippen LogP contribution in [0.15, 0.2) is 24.3 Å². The van der Waals surface area contributed by atoms with Crippen LogP contribution >= 0.6 is 0 Å². The maximum absolute atomic E-state index is 11.9. The van der Waals surface area contributed by atoms with E-state index in [1.54, 1.807) is 12.1 Å². The first-order valence-corrected chi connectivity index (χ1v) is 4.67. The molecule has 1 unspecified atom stereocenters. The van der Waals surface area contributed by atoms with Crippen molar-refractivity contribution < 1.29 is 14.3 Å². The molecule has 1 aliphatic rings. The van der Waals surface area contributed by atoms with E-state index in [9.17, 15) is 9.59 Å². The molecule has 0 aromatic heterocycles. The van der Waals surface area contributed by atoms with Gasteiger partial charge in [0.15, 0.2) is 11.8 Å². The van der Waals surface area contributed by atoms with Crippen molar-refractivity contribution in [2.75, 3.05) is 7.11 Å². The average molecular weight is 205 g/mol. The number of hydrogen-bond donors (Lipinski definition) is 1. The van der Waals surface area contributed by atoms with E-state index >= 15 is 0 Å². The summed E-state index contributed by atoms with van der Waals surface area (Å²) in [7, 11) is 1.28. The SMILES string of the molecule is COC(=O)C1NCc2ccccc2C1=O. The maximum Gasteiger partial charge on any atom is 0.331 e. The van der Waals surface area contributed by atoms with Crippen molar-refractivity contribution in [3.8, 4) is 0 Å². The van der Waals surface area contributed by atoms with Gasteiger partial charge in [-0.2, -0.15) is 0 Å². The molecule has 1 aliphatic heterocycles. The van der Waals surface area contributed by atoms with Gasteiger partial charge in [-0.3, -0.25) is 10.1 Å². The standard InChI is InChI=1S/C11H11NO3/c1-15-11(14)9-10(13)8-5-3-2-4-7(8)6-12-9/h2-5,9,12H,6H2,1H3. The second-order valence-electron chi connectivity index (χ2n) is 3.36. The number of methoxy groups -OCH3 is 1. The first-order valence-electron chi connectivity index (χ1n) is 4.67. The number of carbonyl (C=O) groups excluding carboxylic acids is 2. The third-order valence-electron chi connectivity index (χ3n) is 2.48. The van der Waals surface area contributed by atoms with Crippen LogP contribution in [0.5, 0.6) is 0 Å². The Kier molecular flexibility index (Phi) is 2.51. The zero-order valence-corrected chi connectivity index (χ0v) is 8.32. The molecule has 15 heavy (non-hydrogen) atoms. The third-order valence-corrected chi connectivity index (χ3v) is 2.48.